The molecule has 0 bridgehead atoms. The van der Waals surface area contributed by atoms with E-state index in [1.165, 1.54) is 0 Å². The molecule has 0 aliphatic carbocycles. The van der Waals surface area contributed by atoms with Crippen LogP contribution in [0.25, 0.3) is 0 Å². The standard InChI is InChI=1S/C19H16BrClN2O3/c1-9(2)26-19(25)11-4-6-12(7-5-11)22-17-13-8-14(20)15(21)10(3)16(13)23-18(17)24/h4-9H,1-3H3,(H,22,23,24). The van der Waals surface area contributed by atoms with Crippen LogP contribution in [0.15, 0.2) is 39.8 Å². The molecule has 1 N–H and O–H groups in total. The van der Waals surface area contributed by atoms with Crippen molar-refractivity contribution in [2.75, 3.05) is 5.32 Å². The van der Waals surface area contributed by atoms with Crippen LogP contribution < -0.4 is 5.32 Å². The minimum atomic E-state index is -0.391. The van der Waals surface area contributed by atoms with Crippen LogP contribution in [0.3, 0.4) is 0 Å². The Labute approximate surface area is 164 Å². The molecule has 1 heterocycles. The van der Waals surface area contributed by atoms with Gasteiger partial charge in [0.1, 0.15) is 5.71 Å². The summed E-state index contributed by atoms with van der Waals surface area (Å²) in [6.07, 6.45) is -0.186. The van der Waals surface area contributed by atoms with E-state index in [1.807, 2.05) is 6.92 Å². The van der Waals surface area contributed by atoms with Gasteiger partial charge in [0.05, 0.1) is 28.1 Å². The van der Waals surface area contributed by atoms with Crippen molar-refractivity contribution in [2.45, 2.75) is 26.9 Å². The van der Waals surface area contributed by atoms with Crippen molar-refractivity contribution in [3.05, 3.63) is 56.5 Å². The number of benzene rings is 2. The number of carbonyl (C=O) groups excluding carboxylic acids is 2. The molecular weight excluding hydrogens is 420 g/mol. The number of nitrogens with one attached hydrogen (secondary N) is 1. The maximum atomic E-state index is 12.3. The molecule has 2 aromatic rings. The summed E-state index contributed by atoms with van der Waals surface area (Å²) in [5.74, 6) is -0.682. The van der Waals surface area contributed by atoms with Gasteiger partial charge in [-0.3, -0.25) is 4.79 Å². The number of aliphatic imine (C=N–C) groups is 1. The SMILES string of the molecule is Cc1c(Cl)c(Br)cc2c1NC(=O)C2=Nc1ccc(C(=O)OC(C)C)cc1. The molecule has 0 saturated carbocycles. The van der Waals surface area contributed by atoms with Gasteiger partial charge in [-0.15, -0.1) is 0 Å². The number of halogens is 2. The third kappa shape index (κ3) is 3.52. The Morgan fingerprint density at radius 3 is 2.54 bits per heavy atom. The highest BCUT2D eigenvalue weighted by molar-refractivity contribution is 9.10. The van der Waals surface area contributed by atoms with E-state index >= 15 is 0 Å². The zero-order chi connectivity index (χ0) is 19.0. The topological polar surface area (TPSA) is 67.8 Å². The molecule has 2 aromatic carbocycles. The first kappa shape index (κ1) is 18.6. The molecule has 26 heavy (non-hydrogen) atoms. The minimum absolute atomic E-state index is 0.186. The van der Waals surface area contributed by atoms with Gasteiger partial charge in [0.25, 0.3) is 5.91 Å². The lowest BCUT2D eigenvalue weighted by Gasteiger charge is -2.08. The van der Waals surface area contributed by atoms with Crippen molar-refractivity contribution >= 4 is 56.5 Å². The van der Waals surface area contributed by atoms with Gasteiger partial charge in [0.15, 0.2) is 0 Å². The molecule has 134 valence electrons. The molecule has 0 spiro atoms. The maximum Gasteiger partial charge on any atom is 0.338 e. The third-order valence-electron chi connectivity index (χ3n) is 3.85. The Morgan fingerprint density at radius 1 is 1.27 bits per heavy atom. The Kier molecular flexibility index (Phi) is 5.16. The molecule has 0 fully saturated rings. The van der Waals surface area contributed by atoms with Crippen LogP contribution >= 0.6 is 27.5 Å². The zero-order valence-electron chi connectivity index (χ0n) is 14.4. The molecule has 0 aromatic heterocycles. The summed E-state index contributed by atoms with van der Waals surface area (Å²) in [5, 5.41) is 3.36. The smallest absolute Gasteiger partial charge is 0.338 e. The minimum Gasteiger partial charge on any atom is -0.459 e. The summed E-state index contributed by atoms with van der Waals surface area (Å²) < 4.78 is 5.85. The van der Waals surface area contributed by atoms with Crippen molar-refractivity contribution in [3.63, 3.8) is 0 Å². The predicted octanol–water partition coefficient (Wildman–Crippen LogP) is 5.05. The first-order valence-electron chi connectivity index (χ1n) is 7.98. The summed E-state index contributed by atoms with van der Waals surface area (Å²) in [7, 11) is 0. The Morgan fingerprint density at radius 2 is 1.92 bits per heavy atom. The predicted molar refractivity (Wildman–Crippen MR) is 106 cm³/mol. The Hall–Kier alpha value is -2.18. The van der Waals surface area contributed by atoms with E-state index in [-0.39, 0.29) is 12.0 Å². The van der Waals surface area contributed by atoms with E-state index in [9.17, 15) is 9.59 Å². The molecule has 0 radical (unpaired) electrons. The number of esters is 1. The van der Waals surface area contributed by atoms with Crippen molar-refractivity contribution in [1.29, 1.82) is 0 Å². The summed E-state index contributed by atoms with van der Waals surface area (Å²) in [5.41, 5.74) is 3.43. The highest BCUT2D eigenvalue weighted by atomic mass is 79.9. The average molecular weight is 436 g/mol. The number of anilines is 1. The van der Waals surface area contributed by atoms with Crippen molar-refractivity contribution < 1.29 is 14.3 Å². The second-order valence-corrected chi connectivity index (χ2v) is 7.37. The average Bonchev–Trinajstić information content (AvgIpc) is 2.89. The van der Waals surface area contributed by atoms with E-state index < -0.39 is 5.97 Å². The van der Waals surface area contributed by atoms with Crippen LogP contribution in [0.1, 0.15) is 35.3 Å². The lowest BCUT2D eigenvalue weighted by molar-refractivity contribution is -0.110. The van der Waals surface area contributed by atoms with Gasteiger partial charge in [0.2, 0.25) is 0 Å². The monoisotopic (exact) mass is 434 g/mol. The van der Waals surface area contributed by atoms with Crippen LogP contribution in [0, 0.1) is 6.92 Å². The van der Waals surface area contributed by atoms with Gasteiger partial charge < -0.3 is 10.1 Å². The van der Waals surface area contributed by atoms with E-state index in [1.54, 1.807) is 44.2 Å². The second kappa shape index (κ2) is 7.21. The van der Waals surface area contributed by atoms with Gasteiger partial charge in [0, 0.05) is 10.0 Å². The summed E-state index contributed by atoms with van der Waals surface area (Å²) >= 11 is 9.62. The first-order valence-corrected chi connectivity index (χ1v) is 9.15. The first-order chi connectivity index (χ1) is 12.3. The zero-order valence-corrected chi connectivity index (χ0v) is 16.7. The van der Waals surface area contributed by atoms with Crippen molar-refractivity contribution in [1.82, 2.24) is 0 Å². The quantitative estimate of drug-likeness (QED) is 0.686. The van der Waals surface area contributed by atoms with E-state index in [2.05, 4.69) is 26.2 Å². The highest BCUT2D eigenvalue weighted by Gasteiger charge is 2.29. The fraction of sp³-hybridized carbons (Fsp3) is 0.211. The molecule has 0 saturated heterocycles. The Balaban J connectivity index is 1.95. The molecule has 0 atom stereocenters. The van der Waals surface area contributed by atoms with Crippen LogP contribution in [-0.4, -0.2) is 23.7 Å². The maximum absolute atomic E-state index is 12.3. The number of fused-ring (bicyclic) bond motifs is 1. The lowest BCUT2D eigenvalue weighted by Crippen LogP contribution is -2.14. The largest absolute Gasteiger partial charge is 0.459 e. The number of hydrogen-bond acceptors (Lipinski definition) is 4. The summed E-state index contributed by atoms with van der Waals surface area (Å²) in [4.78, 5) is 28.7. The number of rotatable bonds is 3. The van der Waals surface area contributed by atoms with Gasteiger partial charge in [-0.25, -0.2) is 9.79 Å². The van der Waals surface area contributed by atoms with Crippen molar-refractivity contribution in [3.8, 4) is 0 Å². The van der Waals surface area contributed by atoms with Crippen LogP contribution in [0.2, 0.25) is 5.02 Å². The van der Waals surface area contributed by atoms with Gasteiger partial charge >= 0.3 is 5.97 Å². The summed E-state index contributed by atoms with van der Waals surface area (Å²) in [6, 6.07) is 8.37. The van der Waals surface area contributed by atoms with Gasteiger partial charge in [-0.05, 0) is 72.6 Å². The third-order valence-corrected chi connectivity index (χ3v) is 5.19. The molecule has 5 nitrogen and oxygen atoms in total. The van der Waals surface area contributed by atoms with Gasteiger partial charge in [-0.2, -0.15) is 0 Å². The molecule has 1 amide bonds. The molecule has 3 rings (SSSR count). The molecule has 1 aliphatic heterocycles. The number of amides is 1. The number of nitrogens with zero attached hydrogens (tertiary/aromatic N) is 1. The fourth-order valence-corrected chi connectivity index (χ4v) is 3.27. The second-order valence-electron chi connectivity index (χ2n) is 6.14. The van der Waals surface area contributed by atoms with Gasteiger partial charge in [-0.1, -0.05) is 11.6 Å². The van der Waals surface area contributed by atoms with E-state index in [0.29, 0.717) is 37.7 Å². The highest BCUT2D eigenvalue weighted by Crippen LogP contribution is 2.38. The summed E-state index contributed by atoms with van der Waals surface area (Å²) in [6.45, 7) is 5.42. The normalized spacial score (nSPS) is 14.5. The van der Waals surface area contributed by atoms with E-state index in [0.717, 1.165) is 5.56 Å². The number of ether oxygens (including phenoxy) is 1. The number of carbonyl (C=O) groups is 2. The Bertz CT molecular complexity index is 937. The van der Waals surface area contributed by atoms with Crippen LogP contribution in [-0.2, 0) is 9.53 Å². The fourth-order valence-electron chi connectivity index (χ4n) is 2.59. The van der Waals surface area contributed by atoms with Crippen molar-refractivity contribution in [2.24, 2.45) is 4.99 Å². The lowest BCUT2D eigenvalue weighted by atomic mass is 10.1. The number of hydrogen-bond donors (Lipinski definition) is 1. The van der Waals surface area contributed by atoms with E-state index in [4.69, 9.17) is 16.3 Å². The molecular formula is C19H16BrClN2O3. The molecule has 0 unspecified atom stereocenters. The molecule has 1 aliphatic rings. The van der Waals surface area contributed by atoms with Crippen LogP contribution in [0.5, 0.6) is 0 Å². The molecule has 7 heteroatoms. The van der Waals surface area contributed by atoms with Crippen LogP contribution in [0.4, 0.5) is 11.4 Å².